The lowest BCUT2D eigenvalue weighted by Gasteiger charge is -2.13. The number of aromatic nitrogens is 2. The van der Waals surface area contributed by atoms with E-state index in [4.69, 9.17) is 14.2 Å². The Morgan fingerprint density at radius 3 is 2.14 bits per heavy atom. The Morgan fingerprint density at radius 1 is 0.944 bits per heavy atom. The summed E-state index contributed by atoms with van der Waals surface area (Å²) >= 11 is 0. The monoisotopic (exact) mass is 484 g/mol. The normalized spacial score (nSPS) is 10.8. The van der Waals surface area contributed by atoms with Gasteiger partial charge in [0.2, 0.25) is 5.75 Å². The Labute approximate surface area is 207 Å². The number of hydrogen-bond donors (Lipinski definition) is 1. The molecule has 0 aliphatic rings. The third-order valence-corrected chi connectivity index (χ3v) is 5.14. The maximum absolute atomic E-state index is 13.1. The van der Waals surface area contributed by atoms with Gasteiger partial charge < -0.3 is 14.2 Å². The number of hydrogen-bond acceptors (Lipinski definition) is 7. The highest BCUT2D eigenvalue weighted by Gasteiger charge is 2.19. The van der Waals surface area contributed by atoms with Crippen LogP contribution in [0.1, 0.15) is 22.8 Å². The number of hydrazone groups is 1. The lowest BCUT2D eigenvalue weighted by Crippen LogP contribution is -2.18. The summed E-state index contributed by atoms with van der Waals surface area (Å²) in [4.78, 5) is 24.5. The number of esters is 1. The van der Waals surface area contributed by atoms with Crippen molar-refractivity contribution in [2.45, 2.75) is 6.92 Å². The first kappa shape index (κ1) is 24.2. The Hall–Kier alpha value is -4.92. The third-order valence-electron chi connectivity index (χ3n) is 5.14. The Kier molecular flexibility index (Phi) is 7.40. The van der Waals surface area contributed by atoms with E-state index in [1.807, 2.05) is 60.7 Å². The van der Waals surface area contributed by atoms with E-state index in [0.717, 1.165) is 11.3 Å². The summed E-state index contributed by atoms with van der Waals surface area (Å²) in [6, 6.07) is 22.2. The number of ether oxygens (including phenoxy) is 3. The number of carbonyl (C=O) groups excluding carboxylic acids is 2. The number of rotatable bonds is 8. The standard InChI is InChI=1S/C27H24N4O5/c1-18(32)36-26-23(34-2)14-19(15-24(26)35-3)16-28-29-27(33)22-17-31(21-12-8-5-9-13-21)30-25(22)20-10-6-4-7-11-20/h4-17H,1-3H3,(H,29,33)/b28-16+. The Bertz CT molecular complexity index is 1370. The van der Waals surface area contributed by atoms with E-state index in [9.17, 15) is 9.59 Å². The summed E-state index contributed by atoms with van der Waals surface area (Å²) in [5.74, 6) is -0.205. The molecule has 1 heterocycles. The predicted octanol–water partition coefficient (Wildman–Crippen LogP) is 4.25. The molecule has 0 unspecified atom stereocenters. The van der Waals surface area contributed by atoms with E-state index in [1.165, 1.54) is 27.4 Å². The quantitative estimate of drug-likeness (QED) is 0.174. The van der Waals surface area contributed by atoms with E-state index in [2.05, 4.69) is 15.6 Å². The van der Waals surface area contributed by atoms with Crippen LogP contribution in [-0.4, -0.2) is 42.1 Å². The lowest BCUT2D eigenvalue weighted by molar-refractivity contribution is -0.132. The summed E-state index contributed by atoms with van der Waals surface area (Å²) in [5, 5.41) is 8.74. The molecule has 1 N–H and O–H groups in total. The predicted molar refractivity (Wildman–Crippen MR) is 135 cm³/mol. The molecular formula is C27H24N4O5. The van der Waals surface area contributed by atoms with Crippen LogP contribution in [0.5, 0.6) is 17.2 Å². The summed E-state index contributed by atoms with van der Waals surface area (Å²) in [6.07, 6.45) is 3.10. The van der Waals surface area contributed by atoms with Gasteiger partial charge >= 0.3 is 5.97 Å². The van der Waals surface area contributed by atoms with Gasteiger partial charge in [0.25, 0.3) is 5.91 Å². The number of methoxy groups -OCH3 is 2. The first-order chi connectivity index (χ1) is 17.5. The molecule has 0 bridgehead atoms. The van der Waals surface area contributed by atoms with Crippen molar-refractivity contribution in [1.82, 2.24) is 15.2 Å². The zero-order valence-electron chi connectivity index (χ0n) is 20.0. The van der Waals surface area contributed by atoms with Gasteiger partial charge in [0, 0.05) is 24.2 Å². The molecule has 0 spiro atoms. The molecular weight excluding hydrogens is 460 g/mol. The van der Waals surface area contributed by atoms with Gasteiger partial charge in [0.15, 0.2) is 11.5 Å². The second-order valence-corrected chi connectivity index (χ2v) is 7.58. The van der Waals surface area contributed by atoms with Crippen LogP contribution >= 0.6 is 0 Å². The molecule has 1 amide bonds. The highest BCUT2D eigenvalue weighted by Crippen LogP contribution is 2.38. The summed E-state index contributed by atoms with van der Waals surface area (Å²) in [6.45, 7) is 1.29. The lowest BCUT2D eigenvalue weighted by atomic mass is 10.1. The number of amides is 1. The van der Waals surface area contributed by atoms with Crippen molar-refractivity contribution in [2.75, 3.05) is 14.2 Å². The maximum atomic E-state index is 13.1. The Morgan fingerprint density at radius 2 is 1.56 bits per heavy atom. The van der Waals surface area contributed by atoms with Crippen molar-refractivity contribution in [3.63, 3.8) is 0 Å². The molecule has 0 fully saturated rings. The fraction of sp³-hybridized carbons (Fsp3) is 0.111. The third kappa shape index (κ3) is 5.41. The van der Waals surface area contributed by atoms with Gasteiger partial charge in [-0.1, -0.05) is 48.5 Å². The van der Waals surface area contributed by atoms with Gasteiger partial charge in [-0.2, -0.15) is 10.2 Å². The smallest absolute Gasteiger partial charge is 0.308 e. The molecule has 3 aromatic carbocycles. The number of nitrogens with zero attached hydrogens (tertiary/aromatic N) is 3. The molecule has 4 aromatic rings. The van der Waals surface area contributed by atoms with Gasteiger partial charge in [0.1, 0.15) is 5.69 Å². The van der Waals surface area contributed by atoms with Crippen LogP contribution in [0.25, 0.3) is 16.9 Å². The van der Waals surface area contributed by atoms with Crippen molar-refractivity contribution in [1.29, 1.82) is 0 Å². The number of benzene rings is 3. The summed E-state index contributed by atoms with van der Waals surface area (Å²) in [5.41, 5.74) is 5.63. The number of carbonyl (C=O) groups is 2. The SMILES string of the molecule is COc1cc(/C=N/NC(=O)c2cn(-c3ccccc3)nc2-c2ccccc2)cc(OC)c1OC(C)=O. The van der Waals surface area contributed by atoms with Crippen molar-refractivity contribution in [3.8, 4) is 34.2 Å². The fourth-order valence-electron chi connectivity index (χ4n) is 3.51. The van der Waals surface area contributed by atoms with Crippen LogP contribution in [0.15, 0.2) is 84.1 Å². The average Bonchev–Trinajstić information content (AvgIpc) is 3.36. The molecule has 0 aliphatic heterocycles. The van der Waals surface area contributed by atoms with Crippen molar-refractivity contribution >= 4 is 18.1 Å². The van der Waals surface area contributed by atoms with Crippen molar-refractivity contribution in [2.24, 2.45) is 5.10 Å². The van der Waals surface area contributed by atoms with E-state index < -0.39 is 11.9 Å². The highest BCUT2D eigenvalue weighted by atomic mass is 16.6. The molecule has 0 saturated carbocycles. The van der Waals surface area contributed by atoms with E-state index in [1.54, 1.807) is 23.0 Å². The molecule has 1 aromatic heterocycles. The molecule has 4 rings (SSSR count). The van der Waals surface area contributed by atoms with Gasteiger partial charge in [-0.25, -0.2) is 10.1 Å². The van der Waals surface area contributed by atoms with Crippen LogP contribution in [0.4, 0.5) is 0 Å². The molecule has 36 heavy (non-hydrogen) atoms. The minimum atomic E-state index is -0.509. The minimum absolute atomic E-state index is 0.162. The van der Waals surface area contributed by atoms with Gasteiger partial charge in [-0.15, -0.1) is 0 Å². The van der Waals surface area contributed by atoms with Gasteiger partial charge in [-0.05, 0) is 24.3 Å². The van der Waals surface area contributed by atoms with Crippen molar-refractivity contribution in [3.05, 3.63) is 90.1 Å². The van der Waals surface area contributed by atoms with Gasteiger partial charge in [0.05, 0.1) is 31.7 Å². The minimum Gasteiger partial charge on any atom is -0.493 e. The van der Waals surface area contributed by atoms with Crippen LogP contribution < -0.4 is 19.6 Å². The van der Waals surface area contributed by atoms with Crippen LogP contribution in [-0.2, 0) is 4.79 Å². The zero-order valence-corrected chi connectivity index (χ0v) is 20.0. The Balaban J connectivity index is 1.61. The largest absolute Gasteiger partial charge is 0.493 e. The second kappa shape index (κ2) is 11.0. The summed E-state index contributed by atoms with van der Waals surface area (Å²) < 4.78 is 17.5. The second-order valence-electron chi connectivity index (χ2n) is 7.58. The molecule has 0 atom stereocenters. The molecule has 9 nitrogen and oxygen atoms in total. The molecule has 0 saturated heterocycles. The maximum Gasteiger partial charge on any atom is 0.308 e. The van der Waals surface area contributed by atoms with E-state index >= 15 is 0 Å². The summed E-state index contributed by atoms with van der Waals surface area (Å²) in [7, 11) is 2.89. The zero-order chi connectivity index (χ0) is 25.5. The van der Waals surface area contributed by atoms with E-state index in [-0.39, 0.29) is 17.2 Å². The molecule has 0 radical (unpaired) electrons. The topological polar surface area (TPSA) is 104 Å². The molecule has 0 aliphatic carbocycles. The van der Waals surface area contributed by atoms with Crippen LogP contribution in [0.2, 0.25) is 0 Å². The number of para-hydroxylation sites is 1. The first-order valence-corrected chi connectivity index (χ1v) is 11.0. The van der Waals surface area contributed by atoms with Gasteiger partial charge in [-0.3, -0.25) is 9.59 Å². The number of nitrogens with one attached hydrogen (secondary N) is 1. The van der Waals surface area contributed by atoms with E-state index in [0.29, 0.717) is 16.8 Å². The first-order valence-electron chi connectivity index (χ1n) is 11.0. The highest BCUT2D eigenvalue weighted by molar-refractivity contribution is 6.00. The fourth-order valence-corrected chi connectivity index (χ4v) is 3.51. The molecule has 9 heteroatoms. The average molecular weight is 485 g/mol. The van der Waals surface area contributed by atoms with Crippen LogP contribution in [0, 0.1) is 0 Å². The molecule has 182 valence electrons. The van der Waals surface area contributed by atoms with Crippen LogP contribution in [0.3, 0.4) is 0 Å². The van der Waals surface area contributed by atoms with Crippen molar-refractivity contribution < 1.29 is 23.8 Å².